The molecule has 216 valence electrons. The summed E-state index contributed by atoms with van der Waals surface area (Å²) in [6, 6.07) is 17.3. The fourth-order valence-corrected chi connectivity index (χ4v) is 4.65. The van der Waals surface area contributed by atoms with Crippen molar-refractivity contribution in [2.24, 2.45) is 0 Å². The van der Waals surface area contributed by atoms with Gasteiger partial charge in [0, 0.05) is 11.1 Å². The van der Waals surface area contributed by atoms with Crippen LogP contribution in [0.1, 0.15) is 38.6 Å². The molecule has 0 saturated heterocycles. The highest BCUT2D eigenvalue weighted by molar-refractivity contribution is 7.90. The van der Waals surface area contributed by atoms with Gasteiger partial charge in [0.2, 0.25) is 0 Å². The maximum Gasteiger partial charge on any atom is 0.329 e. The van der Waals surface area contributed by atoms with Gasteiger partial charge in [0.15, 0.2) is 0 Å². The quantitative estimate of drug-likeness (QED) is 0.236. The molecule has 0 fully saturated rings. The summed E-state index contributed by atoms with van der Waals surface area (Å²) >= 11 is 0. The fourth-order valence-electron chi connectivity index (χ4n) is 3.59. The molecule has 11 nitrogen and oxygen atoms in total. The number of ether oxygens (including phenoxy) is 2. The number of sulfonamides is 1. The van der Waals surface area contributed by atoms with Gasteiger partial charge in [-0.3, -0.25) is 10.1 Å². The van der Waals surface area contributed by atoms with E-state index in [0.29, 0.717) is 11.5 Å². The predicted molar refractivity (Wildman–Crippen MR) is 155 cm³/mol. The maximum absolute atomic E-state index is 13.4. The van der Waals surface area contributed by atoms with E-state index in [0.717, 1.165) is 17.2 Å². The number of nitrogens with zero attached hydrogens (tertiary/aromatic N) is 1. The lowest BCUT2D eigenvalue weighted by molar-refractivity contribution is 0.102. The Morgan fingerprint density at radius 3 is 2.29 bits per heavy atom. The van der Waals surface area contributed by atoms with Crippen molar-refractivity contribution < 1.29 is 31.9 Å². The van der Waals surface area contributed by atoms with Crippen LogP contribution >= 0.6 is 0 Å². The summed E-state index contributed by atoms with van der Waals surface area (Å²) in [7, 11) is -2.91. The Morgan fingerprint density at radius 1 is 0.927 bits per heavy atom. The number of hydrogen-bond acceptors (Lipinski definition) is 8. The minimum Gasteiger partial charge on any atom is -0.497 e. The van der Waals surface area contributed by atoms with E-state index in [1.807, 2.05) is 35.1 Å². The Bertz CT molecular complexity index is 1610. The zero-order chi connectivity index (χ0) is 28.9. The summed E-state index contributed by atoms with van der Waals surface area (Å²) in [4.78, 5) is 28.6. The number of aromatic nitrogens is 1. The topological polar surface area (TPSA) is 149 Å². The monoisotopic (exact) mass is 580 g/mol. The van der Waals surface area contributed by atoms with Crippen LogP contribution in [0.5, 0.6) is 17.2 Å². The molecule has 0 unspecified atom stereocenters. The van der Waals surface area contributed by atoms with E-state index < -0.39 is 32.4 Å². The molecule has 0 spiro atoms. The van der Waals surface area contributed by atoms with Crippen molar-refractivity contribution in [1.29, 1.82) is 0 Å². The summed E-state index contributed by atoms with van der Waals surface area (Å²) < 4.78 is 44.9. The first kappa shape index (κ1) is 30.7. The van der Waals surface area contributed by atoms with E-state index in [4.69, 9.17) is 13.9 Å². The second-order valence-corrected chi connectivity index (χ2v) is 11.3. The maximum atomic E-state index is 13.4. The highest BCUT2D eigenvalue weighted by atomic mass is 32.2. The van der Waals surface area contributed by atoms with Crippen LogP contribution in [-0.2, 0) is 10.0 Å². The van der Waals surface area contributed by atoms with Crippen LogP contribution < -0.4 is 24.8 Å². The molecular formula is C29H32N4O7S. The van der Waals surface area contributed by atoms with Gasteiger partial charge < -0.3 is 19.2 Å². The number of carbonyl (C=O) groups excluding carboxylic acids is 2. The smallest absolute Gasteiger partial charge is 0.329 e. The standard InChI is InChI=1S/C28H28N4O7S.CH4/c1-28(2,3)31-26(34)32-40(35,36)24-17-20(25(33)30-27-29-14-15-38-27)10-13-23(24)39-22-7-5-6-19(16-22)18-8-11-21(37-4)12-9-18;/h5-17H,1-4H3,(H,29,30,33)(H2,31,32,34);1H4. The largest absolute Gasteiger partial charge is 0.497 e. The molecule has 1 heterocycles. The van der Waals surface area contributed by atoms with Crippen LogP contribution in [-0.4, -0.2) is 38.0 Å². The van der Waals surface area contributed by atoms with Gasteiger partial charge in [-0.2, -0.15) is 0 Å². The van der Waals surface area contributed by atoms with Gasteiger partial charge in [-0.05, 0) is 74.4 Å². The number of anilines is 1. The number of urea groups is 1. The summed E-state index contributed by atoms with van der Waals surface area (Å²) in [5.41, 5.74) is 0.972. The van der Waals surface area contributed by atoms with Gasteiger partial charge in [0.1, 0.15) is 28.4 Å². The molecule has 3 N–H and O–H groups in total. The zero-order valence-corrected chi connectivity index (χ0v) is 23.0. The Hall–Kier alpha value is -4.84. The molecule has 0 aliphatic heterocycles. The van der Waals surface area contributed by atoms with Crippen LogP contribution in [0.25, 0.3) is 11.1 Å². The first-order valence-corrected chi connectivity index (χ1v) is 13.5. The van der Waals surface area contributed by atoms with E-state index >= 15 is 0 Å². The van der Waals surface area contributed by atoms with Gasteiger partial charge in [0.05, 0.1) is 13.3 Å². The molecule has 0 aliphatic rings. The summed E-state index contributed by atoms with van der Waals surface area (Å²) in [6.45, 7) is 5.12. The van der Waals surface area contributed by atoms with E-state index in [9.17, 15) is 18.0 Å². The number of hydrogen-bond donors (Lipinski definition) is 3. The van der Waals surface area contributed by atoms with E-state index in [2.05, 4.69) is 15.6 Å². The van der Waals surface area contributed by atoms with Gasteiger partial charge in [-0.1, -0.05) is 31.7 Å². The van der Waals surface area contributed by atoms with Crippen LogP contribution in [0.2, 0.25) is 0 Å². The average molecular weight is 581 g/mol. The zero-order valence-electron chi connectivity index (χ0n) is 22.2. The minimum atomic E-state index is -4.49. The Balaban J connectivity index is 0.00000462. The van der Waals surface area contributed by atoms with Crippen LogP contribution in [0.15, 0.2) is 88.5 Å². The second kappa shape index (κ2) is 12.6. The lowest BCUT2D eigenvalue weighted by Crippen LogP contribution is -2.48. The van der Waals surface area contributed by atoms with Crippen LogP contribution in [0.4, 0.5) is 10.8 Å². The molecule has 1 aromatic heterocycles. The van der Waals surface area contributed by atoms with Gasteiger partial charge in [-0.25, -0.2) is 22.9 Å². The molecule has 0 radical (unpaired) electrons. The van der Waals surface area contributed by atoms with Crippen molar-refractivity contribution in [3.63, 3.8) is 0 Å². The van der Waals surface area contributed by atoms with Crippen molar-refractivity contribution in [3.05, 3.63) is 84.8 Å². The molecule has 0 bridgehead atoms. The Kier molecular flexibility index (Phi) is 9.40. The van der Waals surface area contributed by atoms with Crippen molar-refractivity contribution >= 4 is 28.0 Å². The molecule has 0 aliphatic carbocycles. The number of methoxy groups -OCH3 is 1. The molecule has 0 atom stereocenters. The van der Waals surface area contributed by atoms with Gasteiger partial charge in [-0.15, -0.1) is 0 Å². The minimum absolute atomic E-state index is 0. The molecule has 4 aromatic rings. The number of amides is 3. The van der Waals surface area contributed by atoms with Crippen LogP contribution in [0.3, 0.4) is 0 Å². The first-order valence-electron chi connectivity index (χ1n) is 12.1. The number of carbonyl (C=O) groups is 2. The highest BCUT2D eigenvalue weighted by Gasteiger charge is 2.26. The summed E-state index contributed by atoms with van der Waals surface area (Å²) in [6.07, 6.45) is 2.63. The average Bonchev–Trinajstić information content (AvgIpc) is 3.40. The Morgan fingerprint density at radius 2 is 1.66 bits per heavy atom. The van der Waals surface area contributed by atoms with Gasteiger partial charge >= 0.3 is 12.0 Å². The molecule has 3 amide bonds. The fraction of sp³-hybridized carbons (Fsp3) is 0.207. The first-order chi connectivity index (χ1) is 18.9. The van der Waals surface area contributed by atoms with Gasteiger partial charge in [0.25, 0.3) is 15.9 Å². The third-order valence-electron chi connectivity index (χ3n) is 5.35. The number of rotatable bonds is 8. The number of benzene rings is 3. The number of nitrogens with one attached hydrogen (secondary N) is 3. The molecule has 4 rings (SSSR count). The molecule has 3 aromatic carbocycles. The summed E-state index contributed by atoms with van der Waals surface area (Å²) in [5.74, 6) is 0.267. The number of oxazole rings is 1. The van der Waals surface area contributed by atoms with E-state index in [1.54, 1.807) is 46.1 Å². The van der Waals surface area contributed by atoms with Crippen molar-refractivity contribution in [3.8, 4) is 28.4 Å². The lowest BCUT2D eigenvalue weighted by Gasteiger charge is -2.21. The van der Waals surface area contributed by atoms with Crippen molar-refractivity contribution in [2.75, 3.05) is 12.4 Å². The van der Waals surface area contributed by atoms with Crippen LogP contribution in [0, 0.1) is 0 Å². The molecule has 41 heavy (non-hydrogen) atoms. The molecule has 0 saturated carbocycles. The highest BCUT2D eigenvalue weighted by Crippen LogP contribution is 2.33. The molecular weight excluding hydrogens is 548 g/mol. The SMILES string of the molecule is C.COc1ccc(-c2cccc(Oc3ccc(C(=O)Nc4ncco4)cc3S(=O)(=O)NC(=O)NC(C)(C)C)c2)cc1. The second-order valence-electron chi connectivity index (χ2n) is 9.62. The lowest BCUT2D eigenvalue weighted by atomic mass is 10.1. The van der Waals surface area contributed by atoms with Crippen molar-refractivity contribution in [2.45, 2.75) is 38.6 Å². The van der Waals surface area contributed by atoms with E-state index in [-0.39, 0.29) is 24.8 Å². The normalized spacial score (nSPS) is 11.1. The van der Waals surface area contributed by atoms with Crippen molar-refractivity contribution in [1.82, 2.24) is 15.0 Å². The van der Waals surface area contributed by atoms with E-state index in [1.165, 1.54) is 24.6 Å². The predicted octanol–water partition coefficient (Wildman–Crippen LogP) is 5.82. The molecule has 12 heteroatoms. The Labute approximate surface area is 239 Å². The third-order valence-corrected chi connectivity index (χ3v) is 6.70. The third kappa shape index (κ3) is 8.08. The summed E-state index contributed by atoms with van der Waals surface area (Å²) in [5, 5.41) is 4.97.